The number of esters is 1. The molecule has 5 nitrogen and oxygen atoms in total. The molecule has 0 aliphatic heterocycles. The molecule has 1 aromatic heterocycles. The van der Waals surface area contributed by atoms with Gasteiger partial charge in [-0.3, -0.25) is 0 Å². The second-order valence-electron chi connectivity index (χ2n) is 4.51. The number of methoxy groups -OCH3 is 2. The van der Waals surface area contributed by atoms with Crippen molar-refractivity contribution in [2.24, 2.45) is 0 Å². The van der Waals surface area contributed by atoms with Crippen LogP contribution in [-0.4, -0.2) is 30.2 Å². The summed E-state index contributed by atoms with van der Waals surface area (Å²) in [6.45, 7) is 0. The van der Waals surface area contributed by atoms with E-state index < -0.39 is 0 Å². The van der Waals surface area contributed by atoms with Gasteiger partial charge in [0.05, 0.1) is 36.4 Å². The van der Waals surface area contributed by atoms with Crippen LogP contribution in [0.2, 0.25) is 0 Å². The van der Waals surface area contributed by atoms with Gasteiger partial charge in [-0.15, -0.1) is 0 Å². The first-order chi connectivity index (χ1) is 10.2. The van der Waals surface area contributed by atoms with Crippen LogP contribution in [-0.2, 0) is 4.74 Å². The average molecular weight is 282 g/mol. The first-order valence-electron chi connectivity index (χ1n) is 6.44. The maximum atomic E-state index is 11.6. The van der Waals surface area contributed by atoms with Crippen molar-refractivity contribution in [1.29, 1.82) is 0 Å². The Bertz CT molecular complexity index is 808. The Balaban J connectivity index is 2.11. The molecule has 1 N–H and O–H groups in total. The van der Waals surface area contributed by atoms with Crippen LogP contribution in [0.25, 0.3) is 22.4 Å². The highest BCUT2D eigenvalue weighted by molar-refractivity contribution is 5.94. The SMILES string of the molecule is COC(=O)c1ccc2nc(-c3ccccc3OC)[nH]c2c1. The lowest BCUT2D eigenvalue weighted by Crippen LogP contribution is -2.00. The molecule has 0 radical (unpaired) electrons. The normalized spacial score (nSPS) is 10.6. The number of ether oxygens (including phenoxy) is 2. The Kier molecular flexibility index (Phi) is 3.31. The number of aromatic amines is 1. The van der Waals surface area contributed by atoms with Crippen molar-refractivity contribution in [3.63, 3.8) is 0 Å². The molecule has 0 unspecified atom stereocenters. The number of fused-ring (bicyclic) bond motifs is 1. The predicted octanol–water partition coefficient (Wildman–Crippen LogP) is 3.03. The molecule has 21 heavy (non-hydrogen) atoms. The predicted molar refractivity (Wildman–Crippen MR) is 79.4 cm³/mol. The average Bonchev–Trinajstić information content (AvgIpc) is 2.96. The van der Waals surface area contributed by atoms with Gasteiger partial charge >= 0.3 is 5.97 Å². The van der Waals surface area contributed by atoms with Crippen molar-refractivity contribution in [3.05, 3.63) is 48.0 Å². The molecule has 0 aliphatic rings. The number of aromatic nitrogens is 2. The van der Waals surface area contributed by atoms with Crippen molar-refractivity contribution in [2.75, 3.05) is 14.2 Å². The molecule has 106 valence electrons. The van der Waals surface area contributed by atoms with Crippen LogP contribution in [0.4, 0.5) is 0 Å². The minimum Gasteiger partial charge on any atom is -0.496 e. The number of nitrogens with one attached hydrogen (secondary N) is 1. The Hall–Kier alpha value is -2.82. The molecule has 0 fully saturated rings. The van der Waals surface area contributed by atoms with Gasteiger partial charge in [0.25, 0.3) is 0 Å². The zero-order valence-corrected chi connectivity index (χ0v) is 11.7. The number of carbonyl (C=O) groups excluding carboxylic acids is 1. The second kappa shape index (κ2) is 5.28. The standard InChI is InChI=1S/C16H14N2O3/c1-20-14-6-4-3-5-11(14)15-17-12-8-7-10(16(19)21-2)9-13(12)18-15/h3-9H,1-2H3,(H,17,18). The molecule has 0 spiro atoms. The van der Waals surface area contributed by atoms with Gasteiger partial charge in [-0.05, 0) is 30.3 Å². The Morgan fingerprint density at radius 1 is 1.14 bits per heavy atom. The second-order valence-corrected chi connectivity index (χ2v) is 4.51. The number of hydrogen-bond donors (Lipinski definition) is 1. The van der Waals surface area contributed by atoms with Crippen molar-refractivity contribution in [2.45, 2.75) is 0 Å². The van der Waals surface area contributed by atoms with Gasteiger partial charge < -0.3 is 14.5 Å². The van der Waals surface area contributed by atoms with E-state index in [2.05, 4.69) is 9.97 Å². The van der Waals surface area contributed by atoms with Gasteiger partial charge in [0.1, 0.15) is 11.6 Å². The van der Waals surface area contributed by atoms with E-state index in [1.807, 2.05) is 24.3 Å². The Morgan fingerprint density at radius 3 is 2.71 bits per heavy atom. The Labute approximate surface area is 121 Å². The summed E-state index contributed by atoms with van der Waals surface area (Å²) in [6, 6.07) is 12.8. The summed E-state index contributed by atoms with van der Waals surface area (Å²) < 4.78 is 10.1. The highest BCUT2D eigenvalue weighted by Crippen LogP contribution is 2.29. The first-order valence-corrected chi connectivity index (χ1v) is 6.44. The van der Waals surface area contributed by atoms with Gasteiger partial charge in [-0.25, -0.2) is 9.78 Å². The maximum Gasteiger partial charge on any atom is 0.337 e. The van der Waals surface area contributed by atoms with Crippen LogP contribution in [0.3, 0.4) is 0 Å². The largest absolute Gasteiger partial charge is 0.496 e. The number of benzene rings is 2. The van der Waals surface area contributed by atoms with Crippen LogP contribution in [0, 0.1) is 0 Å². The number of para-hydroxylation sites is 1. The zero-order valence-electron chi connectivity index (χ0n) is 11.7. The molecule has 0 saturated heterocycles. The quantitative estimate of drug-likeness (QED) is 0.750. The third kappa shape index (κ3) is 2.33. The molecule has 0 bridgehead atoms. The fourth-order valence-electron chi connectivity index (χ4n) is 2.22. The number of nitrogens with zero attached hydrogens (tertiary/aromatic N) is 1. The van der Waals surface area contributed by atoms with E-state index in [4.69, 9.17) is 9.47 Å². The fourth-order valence-corrected chi connectivity index (χ4v) is 2.22. The number of carbonyl (C=O) groups is 1. The molecule has 3 aromatic rings. The molecule has 5 heteroatoms. The van der Waals surface area contributed by atoms with E-state index in [9.17, 15) is 4.79 Å². The lowest BCUT2D eigenvalue weighted by Gasteiger charge is -2.04. The van der Waals surface area contributed by atoms with E-state index in [1.54, 1.807) is 25.3 Å². The van der Waals surface area contributed by atoms with Crippen LogP contribution >= 0.6 is 0 Å². The van der Waals surface area contributed by atoms with E-state index in [-0.39, 0.29) is 5.97 Å². The van der Waals surface area contributed by atoms with E-state index in [0.717, 1.165) is 22.3 Å². The van der Waals surface area contributed by atoms with E-state index in [0.29, 0.717) is 11.4 Å². The van der Waals surface area contributed by atoms with E-state index in [1.165, 1.54) is 7.11 Å². The maximum absolute atomic E-state index is 11.6. The minimum absolute atomic E-state index is 0.370. The molecule has 0 aliphatic carbocycles. The fraction of sp³-hybridized carbons (Fsp3) is 0.125. The number of H-pyrrole nitrogens is 1. The summed E-state index contributed by atoms with van der Waals surface area (Å²) in [7, 11) is 2.98. The number of imidazole rings is 1. The van der Waals surface area contributed by atoms with Crippen LogP contribution < -0.4 is 4.74 Å². The minimum atomic E-state index is -0.370. The van der Waals surface area contributed by atoms with Gasteiger partial charge in [0, 0.05) is 0 Å². The lowest BCUT2D eigenvalue weighted by molar-refractivity contribution is 0.0601. The zero-order chi connectivity index (χ0) is 14.8. The first kappa shape index (κ1) is 13.2. The molecule has 1 heterocycles. The van der Waals surface area contributed by atoms with Gasteiger partial charge in [0.2, 0.25) is 0 Å². The summed E-state index contributed by atoms with van der Waals surface area (Å²) in [5.41, 5.74) is 2.92. The van der Waals surface area contributed by atoms with Crippen LogP contribution in [0.15, 0.2) is 42.5 Å². The monoisotopic (exact) mass is 282 g/mol. The van der Waals surface area contributed by atoms with Gasteiger partial charge in [0.15, 0.2) is 0 Å². The third-order valence-corrected chi connectivity index (χ3v) is 3.27. The van der Waals surface area contributed by atoms with Crippen molar-refractivity contribution >= 4 is 17.0 Å². The van der Waals surface area contributed by atoms with Crippen LogP contribution in [0.1, 0.15) is 10.4 Å². The summed E-state index contributed by atoms with van der Waals surface area (Å²) in [5, 5.41) is 0. The highest BCUT2D eigenvalue weighted by Gasteiger charge is 2.12. The van der Waals surface area contributed by atoms with Crippen molar-refractivity contribution in [1.82, 2.24) is 9.97 Å². The highest BCUT2D eigenvalue weighted by atomic mass is 16.5. The number of rotatable bonds is 3. The molecular formula is C16H14N2O3. The van der Waals surface area contributed by atoms with Crippen molar-refractivity contribution in [3.8, 4) is 17.1 Å². The van der Waals surface area contributed by atoms with E-state index >= 15 is 0 Å². The topological polar surface area (TPSA) is 64.2 Å². The number of hydrogen-bond acceptors (Lipinski definition) is 4. The molecular weight excluding hydrogens is 268 g/mol. The molecule has 0 atom stereocenters. The summed E-state index contributed by atoms with van der Waals surface area (Å²) >= 11 is 0. The summed E-state index contributed by atoms with van der Waals surface area (Å²) in [5.74, 6) is 1.07. The molecule has 2 aromatic carbocycles. The molecule has 0 amide bonds. The lowest BCUT2D eigenvalue weighted by atomic mass is 10.2. The van der Waals surface area contributed by atoms with Crippen molar-refractivity contribution < 1.29 is 14.3 Å². The summed E-state index contributed by atoms with van der Waals surface area (Å²) in [4.78, 5) is 19.3. The Morgan fingerprint density at radius 2 is 1.95 bits per heavy atom. The van der Waals surface area contributed by atoms with Gasteiger partial charge in [-0.1, -0.05) is 12.1 Å². The third-order valence-electron chi connectivity index (χ3n) is 3.27. The van der Waals surface area contributed by atoms with Crippen LogP contribution in [0.5, 0.6) is 5.75 Å². The van der Waals surface area contributed by atoms with Gasteiger partial charge in [-0.2, -0.15) is 0 Å². The summed E-state index contributed by atoms with van der Waals surface area (Å²) in [6.07, 6.45) is 0. The molecule has 0 saturated carbocycles. The molecule has 3 rings (SSSR count). The smallest absolute Gasteiger partial charge is 0.337 e.